The number of hydrogen-bond acceptors (Lipinski definition) is 4. The molecule has 2 aromatic rings. The fourth-order valence-electron chi connectivity index (χ4n) is 1.96. The van der Waals surface area contributed by atoms with Gasteiger partial charge in [-0.05, 0) is 26.0 Å². The van der Waals surface area contributed by atoms with E-state index in [2.05, 4.69) is 5.32 Å². The number of halogens is 3. The normalized spacial score (nSPS) is 10.5. The van der Waals surface area contributed by atoms with E-state index in [1.54, 1.807) is 26.0 Å². The van der Waals surface area contributed by atoms with Crippen molar-refractivity contribution in [1.29, 1.82) is 0 Å². The molecule has 2 aromatic carbocycles. The van der Waals surface area contributed by atoms with Gasteiger partial charge in [0.1, 0.15) is 35.5 Å². The topological polar surface area (TPSA) is 56.8 Å². The summed E-state index contributed by atoms with van der Waals surface area (Å²) in [6.07, 6.45) is -0.731. The Bertz CT molecular complexity index is 751. The van der Waals surface area contributed by atoms with Gasteiger partial charge in [0, 0.05) is 24.3 Å². The van der Waals surface area contributed by atoms with Gasteiger partial charge in [0.25, 0.3) is 0 Å². The smallest absolute Gasteiger partial charge is 0.407 e. The predicted molar refractivity (Wildman–Crippen MR) is 93.0 cm³/mol. The second-order valence-electron chi connectivity index (χ2n) is 5.53. The molecule has 140 valence electrons. The zero-order chi connectivity index (χ0) is 19.1. The number of ether oxygens (including phenoxy) is 3. The van der Waals surface area contributed by atoms with Crippen LogP contribution in [-0.2, 0) is 4.74 Å². The Balaban J connectivity index is 1.87. The van der Waals surface area contributed by atoms with Crippen molar-refractivity contribution in [3.63, 3.8) is 0 Å². The summed E-state index contributed by atoms with van der Waals surface area (Å²) in [6, 6.07) is 7.43. The first kappa shape index (κ1) is 19.8. The average Bonchev–Trinajstić information content (AvgIpc) is 2.51. The van der Waals surface area contributed by atoms with Crippen molar-refractivity contribution in [3.05, 3.63) is 53.1 Å². The molecule has 0 saturated heterocycles. The summed E-state index contributed by atoms with van der Waals surface area (Å²) in [7, 11) is 0. The molecule has 0 aromatic heterocycles. The summed E-state index contributed by atoms with van der Waals surface area (Å²) in [5, 5.41) is 2.79. The number of alkyl carbamates (subject to hydrolysis) is 1. The van der Waals surface area contributed by atoms with Gasteiger partial charge >= 0.3 is 6.09 Å². The molecule has 0 aliphatic carbocycles. The minimum atomic E-state index is -0.741. The third kappa shape index (κ3) is 6.40. The molecule has 0 unspecified atom stereocenters. The van der Waals surface area contributed by atoms with E-state index in [1.807, 2.05) is 0 Å². The Morgan fingerprint density at radius 2 is 1.81 bits per heavy atom. The molecular weight excluding hydrogens is 368 g/mol. The fourth-order valence-corrected chi connectivity index (χ4v) is 2.18. The lowest BCUT2D eigenvalue weighted by atomic mass is 10.3. The van der Waals surface area contributed by atoms with Crippen molar-refractivity contribution in [2.24, 2.45) is 0 Å². The fraction of sp³-hybridized carbons (Fsp3) is 0.278. The summed E-state index contributed by atoms with van der Waals surface area (Å²) in [5.41, 5.74) is 0. The number of rotatable bonds is 7. The highest BCUT2D eigenvalue weighted by molar-refractivity contribution is 6.32. The lowest BCUT2D eigenvalue weighted by molar-refractivity contribution is 0.114. The molecule has 5 nitrogen and oxygen atoms in total. The zero-order valence-electron chi connectivity index (χ0n) is 14.2. The number of carbonyl (C=O) groups excluding carboxylic acids is 1. The van der Waals surface area contributed by atoms with Gasteiger partial charge in [-0.1, -0.05) is 11.6 Å². The van der Waals surface area contributed by atoms with Crippen molar-refractivity contribution in [3.8, 4) is 17.2 Å². The molecule has 0 spiro atoms. The minimum Gasteiger partial charge on any atom is -0.490 e. The first-order valence-corrected chi connectivity index (χ1v) is 8.22. The highest BCUT2D eigenvalue weighted by Gasteiger charge is 2.08. The van der Waals surface area contributed by atoms with Gasteiger partial charge in [-0.3, -0.25) is 0 Å². The van der Waals surface area contributed by atoms with Crippen molar-refractivity contribution >= 4 is 17.7 Å². The van der Waals surface area contributed by atoms with Crippen molar-refractivity contribution < 1.29 is 27.8 Å². The average molecular weight is 386 g/mol. The summed E-state index contributed by atoms with van der Waals surface area (Å²) in [5.74, 6) is -0.793. The van der Waals surface area contributed by atoms with Gasteiger partial charge in [0.05, 0.1) is 17.7 Å². The van der Waals surface area contributed by atoms with Gasteiger partial charge in [0.15, 0.2) is 0 Å². The van der Waals surface area contributed by atoms with Gasteiger partial charge in [-0.2, -0.15) is 0 Å². The van der Waals surface area contributed by atoms with E-state index in [1.165, 1.54) is 6.07 Å². The van der Waals surface area contributed by atoms with Crippen LogP contribution in [0.25, 0.3) is 0 Å². The number of amides is 1. The van der Waals surface area contributed by atoms with Crippen LogP contribution in [0.2, 0.25) is 5.02 Å². The van der Waals surface area contributed by atoms with Gasteiger partial charge in [-0.25, -0.2) is 13.6 Å². The van der Waals surface area contributed by atoms with Crippen LogP contribution in [-0.4, -0.2) is 25.3 Å². The number of nitrogens with one attached hydrogen (secondary N) is 1. The zero-order valence-corrected chi connectivity index (χ0v) is 15.0. The molecule has 1 amide bonds. The highest BCUT2D eigenvalue weighted by Crippen LogP contribution is 2.31. The molecule has 2 rings (SSSR count). The van der Waals surface area contributed by atoms with Crippen molar-refractivity contribution in [2.75, 3.05) is 13.2 Å². The largest absolute Gasteiger partial charge is 0.490 e. The molecule has 0 bridgehead atoms. The Morgan fingerprint density at radius 3 is 2.42 bits per heavy atom. The van der Waals surface area contributed by atoms with E-state index in [0.717, 1.165) is 18.2 Å². The van der Waals surface area contributed by atoms with E-state index in [-0.39, 0.29) is 30.0 Å². The SMILES string of the molecule is CC(C)OC(=O)NCCOc1ccc(Oc2cc(F)cc(F)c2)cc1Cl. The molecule has 1 N–H and O–H groups in total. The number of hydrogen-bond donors (Lipinski definition) is 1. The molecule has 0 atom stereocenters. The van der Waals surface area contributed by atoms with Crippen LogP contribution in [0.1, 0.15) is 13.8 Å². The van der Waals surface area contributed by atoms with Crippen LogP contribution in [0, 0.1) is 11.6 Å². The van der Waals surface area contributed by atoms with Crippen LogP contribution in [0.5, 0.6) is 17.2 Å². The second kappa shape index (κ2) is 9.24. The third-order valence-electron chi connectivity index (χ3n) is 2.95. The van der Waals surface area contributed by atoms with E-state index in [4.69, 9.17) is 25.8 Å². The molecular formula is C18H18ClF2NO4. The van der Waals surface area contributed by atoms with E-state index in [0.29, 0.717) is 11.5 Å². The first-order chi connectivity index (χ1) is 12.3. The molecule has 0 aliphatic heterocycles. The van der Waals surface area contributed by atoms with Crippen molar-refractivity contribution in [2.45, 2.75) is 20.0 Å². The van der Waals surface area contributed by atoms with Crippen LogP contribution in [0.3, 0.4) is 0 Å². The summed E-state index contributed by atoms with van der Waals surface area (Å²) < 4.78 is 42.1. The van der Waals surface area contributed by atoms with Gasteiger partial charge in [0.2, 0.25) is 0 Å². The summed E-state index contributed by atoms with van der Waals surface area (Å²) >= 11 is 6.10. The first-order valence-electron chi connectivity index (χ1n) is 7.84. The Kier molecular flexibility index (Phi) is 7.03. The van der Waals surface area contributed by atoms with Gasteiger partial charge in [-0.15, -0.1) is 0 Å². The molecule has 26 heavy (non-hydrogen) atoms. The van der Waals surface area contributed by atoms with Gasteiger partial charge < -0.3 is 19.5 Å². The maximum atomic E-state index is 13.2. The Labute approximate surface area is 154 Å². The molecule has 0 radical (unpaired) electrons. The summed E-state index contributed by atoms with van der Waals surface area (Å²) in [4.78, 5) is 11.3. The Hall–Kier alpha value is -2.54. The van der Waals surface area contributed by atoms with Crippen LogP contribution < -0.4 is 14.8 Å². The number of carbonyl (C=O) groups is 1. The maximum Gasteiger partial charge on any atom is 0.407 e. The lowest BCUT2D eigenvalue weighted by Crippen LogP contribution is -2.30. The highest BCUT2D eigenvalue weighted by atomic mass is 35.5. The van der Waals surface area contributed by atoms with E-state index < -0.39 is 17.7 Å². The van der Waals surface area contributed by atoms with E-state index in [9.17, 15) is 13.6 Å². The molecule has 0 aliphatic rings. The monoisotopic (exact) mass is 385 g/mol. The molecule has 8 heteroatoms. The number of benzene rings is 2. The quantitative estimate of drug-likeness (QED) is 0.687. The second-order valence-corrected chi connectivity index (χ2v) is 5.94. The predicted octanol–water partition coefficient (Wildman–Crippen LogP) is 4.92. The standard InChI is InChI=1S/C18H18ClF2NO4/c1-11(2)25-18(23)22-5-6-24-17-4-3-14(10-16(17)19)26-15-8-12(20)7-13(21)9-15/h3-4,7-11H,5-6H2,1-2H3,(H,22,23). The third-order valence-corrected chi connectivity index (χ3v) is 3.24. The molecule has 0 saturated carbocycles. The Morgan fingerprint density at radius 1 is 1.12 bits per heavy atom. The van der Waals surface area contributed by atoms with Crippen LogP contribution >= 0.6 is 11.6 Å². The van der Waals surface area contributed by atoms with Crippen LogP contribution in [0.15, 0.2) is 36.4 Å². The summed E-state index contributed by atoms with van der Waals surface area (Å²) in [6.45, 7) is 3.92. The maximum absolute atomic E-state index is 13.2. The van der Waals surface area contributed by atoms with Crippen molar-refractivity contribution in [1.82, 2.24) is 5.32 Å². The molecule has 0 fully saturated rings. The van der Waals surface area contributed by atoms with Crippen LogP contribution in [0.4, 0.5) is 13.6 Å². The van der Waals surface area contributed by atoms with E-state index >= 15 is 0 Å². The minimum absolute atomic E-state index is 0.0140. The lowest BCUT2D eigenvalue weighted by Gasteiger charge is -2.12. The molecule has 0 heterocycles.